The highest BCUT2D eigenvalue weighted by molar-refractivity contribution is 6.00. The summed E-state index contributed by atoms with van der Waals surface area (Å²) in [7, 11) is 0. The molecule has 0 aliphatic rings. The summed E-state index contributed by atoms with van der Waals surface area (Å²) >= 11 is 0. The fraction of sp³-hybridized carbons (Fsp3) is 0.424. The molecule has 0 aromatic heterocycles. The molecule has 0 fully saturated rings. The molecule has 0 bridgehead atoms. The minimum atomic E-state index is -0.897. The second kappa shape index (κ2) is 13.5. The van der Waals surface area contributed by atoms with Gasteiger partial charge in [-0.3, -0.25) is 9.59 Å². The summed E-state index contributed by atoms with van der Waals surface area (Å²) < 4.78 is 5.47. The summed E-state index contributed by atoms with van der Waals surface area (Å²) in [6.45, 7) is 13.5. The molecular formula is C33H43N3O4. The van der Waals surface area contributed by atoms with E-state index in [1.807, 2.05) is 94.4 Å². The van der Waals surface area contributed by atoms with E-state index in [9.17, 15) is 14.4 Å². The van der Waals surface area contributed by atoms with Crippen LogP contribution in [0.15, 0.2) is 66.7 Å². The van der Waals surface area contributed by atoms with Gasteiger partial charge in [0.15, 0.2) is 0 Å². The number of ether oxygens (including phenoxy) is 1. The molecule has 0 aliphatic carbocycles. The van der Waals surface area contributed by atoms with Gasteiger partial charge in [-0.2, -0.15) is 0 Å². The van der Waals surface area contributed by atoms with Gasteiger partial charge in [-0.05, 0) is 68.5 Å². The summed E-state index contributed by atoms with van der Waals surface area (Å²) in [6.07, 6.45) is 0.636. The van der Waals surface area contributed by atoms with Crippen LogP contribution in [0.25, 0.3) is 10.8 Å². The lowest BCUT2D eigenvalue weighted by Gasteiger charge is -2.36. The first kappa shape index (κ1) is 30.7. The SMILES string of the molecule is CCCN(C(=O)C(NC(=O)OC(C)(C)C)C(C)CC)C(C(=O)Nc1ccc2ccccc2c1)c1ccc(C)cc1. The largest absolute Gasteiger partial charge is 0.444 e. The van der Waals surface area contributed by atoms with Crippen molar-refractivity contribution < 1.29 is 19.1 Å². The minimum absolute atomic E-state index is 0.179. The average molecular weight is 546 g/mol. The molecule has 214 valence electrons. The highest BCUT2D eigenvalue weighted by atomic mass is 16.6. The first-order chi connectivity index (χ1) is 18.9. The molecule has 7 nitrogen and oxygen atoms in total. The van der Waals surface area contributed by atoms with Crippen LogP contribution in [0.1, 0.15) is 71.6 Å². The lowest BCUT2D eigenvalue weighted by Crippen LogP contribution is -2.54. The predicted molar refractivity (Wildman–Crippen MR) is 161 cm³/mol. The Bertz CT molecular complexity index is 1310. The van der Waals surface area contributed by atoms with Crippen molar-refractivity contribution in [2.75, 3.05) is 11.9 Å². The van der Waals surface area contributed by atoms with E-state index in [4.69, 9.17) is 4.74 Å². The van der Waals surface area contributed by atoms with Crippen LogP contribution < -0.4 is 10.6 Å². The fourth-order valence-electron chi connectivity index (χ4n) is 4.60. The van der Waals surface area contributed by atoms with E-state index < -0.39 is 23.8 Å². The molecule has 0 spiro atoms. The van der Waals surface area contributed by atoms with Crippen molar-refractivity contribution in [3.8, 4) is 0 Å². The molecule has 3 rings (SSSR count). The molecular weight excluding hydrogens is 502 g/mol. The van der Waals surface area contributed by atoms with Crippen LogP contribution in [-0.2, 0) is 14.3 Å². The van der Waals surface area contributed by atoms with Gasteiger partial charge in [0.1, 0.15) is 17.7 Å². The highest BCUT2D eigenvalue weighted by Gasteiger charge is 2.37. The fourth-order valence-corrected chi connectivity index (χ4v) is 4.60. The third kappa shape index (κ3) is 8.07. The zero-order chi connectivity index (χ0) is 29.4. The Labute approximate surface area is 238 Å². The first-order valence-corrected chi connectivity index (χ1v) is 14.1. The van der Waals surface area contributed by atoms with Crippen LogP contribution in [0.3, 0.4) is 0 Å². The topological polar surface area (TPSA) is 87.7 Å². The zero-order valence-electron chi connectivity index (χ0n) is 24.8. The maximum absolute atomic E-state index is 14.2. The van der Waals surface area contributed by atoms with Crippen LogP contribution in [0, 0.1) is 12.8 Å². The summed E-state index contributed by atoms with van der Waals surface area (Å²) in [5.74, 6) is -0.816. The Kier molecular flexibility index (Phi) is 10.3. The lowest BCUT2D eigenvalue weighted by atomic mass is 9.95. The highest BCUT2D eigenvalue weighted by Crippen LogP contribution is 2.27. The summed E-state index contributed by atoms with van der Waals surface area (Å²) in [5.41, 5.74) is 1.69. The van der Waals surface area contributed by atoms with Crippen LogP contribution in [0.5, 0.6) is 0 Å². The quantitative estimate of drug-likeness (QED) is 0.287. The van der Waals surface area contributed by atoms with Crippen molar-refractivity contribution in [2.24, 2.45) is 5.92 Å². The van der Waals surface area contributed by atoms with Crippen molar-refractivity contribution in [2.45, 2.75) is 79.0 Å². The predicted octanol–water partition coefficient (Wildman–Crippen LogP) is 7.01. The van der Waals surface area contributed by atoms with E-state index in [1.165, 1.54) is 0 Å². The van der Waals surface area contributed by atoms with Crippen LogP contribution in [0.4, 0.5) is 10.5 Å². The Morgan fingerprint density at radius 2 is 1.57 bits per heavy atom. The number of carbonyl (C=O) groups excluding carboxylic acids is 3. The molecule has 0 radical (unpaired) electrons. The van der Waals surface area contributed by atoms with E-state index in [1.54, 1.807) is 25.7 Å². The normalized spacial score (nSPS) is 13.7. The third-order valence-corrected chi connectivity index (χ3v) is 6.87. The molecule has 0 aliphatic heterocycles. The maximum atomic E-state index is 14.2. The van der Waals surface area contributed by atoms with Crippen LogP contribution in [-0.4, -0.2) is 41.0 Å². The first-order valence-electron chi connectivity index (χ1n) is 14.1. The van der Waals surface area contributed by atoms with E-state index in [-0.39, 0.29) is 17.7 Å². The number of hydrogen-bond acceptors (Lipinski definition) is 4. The summed E-state index contributed by atoms with van der Waals surface area (Å²) in [4.78, 5) is 42.6. The zero-order valence-corrected chi connectivity index (χ0v) is 24.8. The third-order valence-electron chi connectivity index (χ3n) is 6.87. The monoisotopic (exact) mass is 545 g/mol. The van der Waals surface area contributed by atoms with Gasteiger partial charge in [0.05, 0.1) is 0 Å². The number of alkyl carbamates (subject to hydrolysis) is 1. The van der Waals surface area contributed by atoms with Gasteiger partial charge < -0.3 is 20.3 Å². The number of benzene rings is 3. The van der Waals surface area contributed by atoms with Crippen molar-refractivity contribution in [1.82, 2.24) is 10.2 Å². The number of anilines is 1. The Morgan fingerprint density at radius 1 is 0.925 bits per heavy atom. The maximum Gasteiger partial charge on any atom is 0.408 e. The number of nitrogens with zero attached hydrogens (tertiary/aromatic N) is 1. The molecule has 2 N–H and O–H groups in total. The average Bonchev–Trinajstić information content (AvgIpc) is 2.90. The number of aryl methyl sites for hydroxylation is 1. The van der Waals surface area contributed by atoms with Gasteiger partial charge in [0.2, 0.25) is 5.91 Å². The Morgan fingerprint density at radius 3 is 2.17 bits per heavy atom. The number of nitrogens with one attached hydrogen (secondary N) is 2. The standard InChI is InChI=1S/C33H43N3O4/c1-8-20-36(31(38)28(23(4)9-2)35-32(39)40-33(5,6)7)29(25-16-14-22(3)15-17-25)30(37)34-27-19-18-24-12-10-11-13-26(24)21-27/h10-19,21,23,28-29H,8-9,20H2,1-7H3,(H,34,37)(H,35,39). The van der Waals surface area contributed by atoms with E-state index >= 15 is 0 Å². The van der Waals surface area contributed by atoms with Gasteiger partial charge >= 0.3 is 6.09 Å². The van der Waals surface area contributed by atoms with Gasteiger partial charge in [-0.15, -0.1) is 0 Å². The number of fused-ring (bicyclic) bond motifs is 1. The van der Waals surface area contributed by atoms with Gasteiger partial charge in [-0.1, -0.05) is 87.4 Å². The second-order valence-corrected chi connectivity index (χ2v) is 11.4. The molecule has 3 atom stereocenters. The molecule has 7 heteroatoms. The molecule has 40 heavy (non-hydrogen) atoms. The molecule has 0 saturated heterocycles. The van der Waals surface area contributed by atoms with Crippen LogP contribution >= 0.6 is 0 Å². The molecule has 3 aromatic rings. The van der Waals surface area contributed by atoms with Gasteiger partial charge in [0, 0.05) is 12.2 Å². The Hall–Kier alpha value is -3.87. The van der Waals surface area contributed by atoms with Gasteiger partial charge in [0.25, 0.3) is 5.91 Å². The Balaban J connectivity index is 2.00. The van der Waals surface area contributed by atoms with E-state index in [0.717, 1.165) is 16.3 Å². The lowest BCUT2D eigenvalue weighted by molar-refractivity contribution is -0.141. The molecule has 3 unspecified atom stereocenters. The van der Waals surface area contributed by atoms with Crippen molar-refractivity contribution in [1.29, 1.82) is 0 Å². The number of amides is 3. The smallest absolute Gasteiger partial charge is 0.408 e. The summed E-state index contributed by atoms with van der Waals surface area (Å²) in [5, 5.41) is 7.93. The van der Waals surface area contributed by atoms with E-state index in [0.29, 0.717) is 30.6 Å². The second-order valence-electron chi connectivity index (χ2n) is 11.4. The number of hydrogen-bond donors (Lipinski definition) is 2. The van der Waals surface area contributed by atoms with Crippen LogP contribution in [0.2, 0.25) is 0 Å². The molecule has 0 heterocycles. The van der Waals surface area contributed by atoms with E-state index in [2.05, 4.69) is 10.6 Å². The molecule has 3 amide bonds. The number of carbonyl (C=O) groups is 3. The molecule has 3 aromatic carbocycles. The summed E-state index contributed by atoms with van der Waals surface area (Å²) in [6, 6.07) is 19.6. The van der Waals surface area contributed by atoms with Crippen molar-refractivity contribution in [3.63, 3.8) is 0 Å². The van der Waals surface area contributed by atoms with Gasteiger partial charge in [-0.25, -0.2) is 4.79 Å². The number of rotatable bonds is 10. The minimum Gasteiger partial charge on any atom is -0.444 e. The van der Waals surface area contributed by atoms with Crippen molar-refractivity contribution in [3.05, 3.63) is 77.9 Å². The molecule has 0 saturated carbocycles. The van der Waals surface area contributed by atoms with Crippen molar-refractivity contribution >= 4 is 34.4 Å².